The Labute approximate surface area is 160 Å². The van der Waals surface area contributed by atoms with Gasteiger partial charge >= 0.3 is 18.3 Å². The van der Waals surface area contributed by atoms with Crippen molar-refractivity contribution < 1.29 is 27.5 Å². The highest BCUT2D eigenvalue weighted by molar-refractivity contribution is 5.84. The van der Waals surface area contributed by atoms with Crippen molar-refractivity contribution in [3.05, 3.63) is 65.2 Å². The standard InChI is InChI=1S/C19H20F3N3O3/c1-25(12-14-3-7-15(8-4-14)19(20,21)22)17(26)23-11-13-5-9-16(10-6-13)24-18(27)28-2/h3-10H,11-12H2,1-2H3,(H,23,26)(H,24,27). The first-order valence-electron chi connectivity index (χ1n) is 8.28. The normalized spacial score (nSPS) is 10.9. The Hall–Kier alpha value is -3.23. The molecule has 28 heavy (non-hydrogen) atoms. The molecule has 150 valence electrons. The molecule has 0 unspecified atom stereocenters. The van der Waals surface area contributed by atoms with Gasteiger partial charge < -0.3 is 15.0 Å². The van der Waals surface area contributed by atoms with Crippen LogP contribution in [0.2, 0.25) is 0 Å². The third kappa shape index (κ3) is 6.19. The summed E-state index contributed by atoms with van der Waals surface area (Å²) >= 11 is 0. The molecule has 2 aromatic carbocycles. The average Bonchev–Trinajstić information content (AvgIpc) is 2.66. The quantitative estimate of drug-likeness (QED) is 0.796. The number of ether oxygens (including phenoxy) is 1. The molecule has 0 aliphatic carbocycles. The first-order chi connectivity index (χ1) is 13.2. The van der Waals surface area contributed by atoms with Crippen LogP contribution in [0, 0.1) is 0 Å². The molecule has 0 bridgehead atoms. The van der Waals surface area contributed by atoms with Crippen LogP contribution in [0.5, 0.6) is 0 Å². The predicted molar refractivity (Wildman–Crippen MR) is 97.6 cm³/mol. The van der Waals surface area contributed by atoms with E-state index >= 15 is 0 Å². The molecule has 2 aromatic rings. The monoisotopic (exact) mass is 395 g/mol. The van der Waals surface area contributed by atoms with E-state index in [1.165, 1.54) is 24.1 Å². The van der Waals surface area contributed by atoms with Crippen molar-refractivity contribution in [1.82, 2.24) is 10.2 Å². The Morgan fingerprint density at radius 3 is 2.11 bits per heavy atom. The van der Waals surface area contributed by atoms with E-state index in [9.17, 15) is 22.8 Å². The number of hydrogen-bond acceptors (Lipinski definition) is 3. The maximum atomic E-state index is 12.6. The summed E-state index contributed by atoms with van der Waals surface area (Å²) in [4.78, 5) is 24.7. The molecule has 0 aromatic heterocycles. The van der Waals surface area contributed by atoms with E-state index in [-0.39, 0.29) is 19.1 Å². The molecule has 0 saturated carbocycles. The zero-order valence-corrected chi connectivity index (χ0v) is 15.3. The molecule has 6 nitrogen and oxygen atoms in total. The topological polar surface area (TPSA) is 70.7 Å². The smallest absolute Gasteiger partial charge is 0.416 e. The second kappa shape index (κ2) is 9.12. The molecule has 0 spiro atoms. The molecule has 0 aliphatic heterocycles. The Morgan fingerprint density at radius 1 is 1.00 bits per heavy atom. The van der Waals surface area contributed by atoms with E-state index in [4.69, 9.17) is 0 Å². The summed E-state index contributed by atoms with van der Waals surface area (Å²) in [5, 5.41) is 5.24. The van der Waals surface area contributed by atoms with E-state index in [1.54, 1.807) is 31.3 Å². The van der Waals surface area contributed by atoms with Crippen molar-refractivity contribution in [2.45, 2.75) is 19.3 Å². The SMILES string of the molecule is COC(=O)Nc1ccc(CNC(=O)N(C)Cc2ccc(C(F)(F)F)cc2)cc1. The van der Waals surface area contributed by atoms with Crippen LogP contribution in [0.15, 0.2) is 48.5 Å². The molecule has 0 aliphatic rings. The first kappa shape index (κ1) is 21.1. The maximum absolute atomic E-state index is 12.6. The number of halogens is 3. The molecule has 9 heteroatoms. The molecule has 0 heterocycles. The number of alkyl halides is 3. The number of benzene rings is 2. The third-order valence-electron chi connectivity index (χ3n) is 3.88. The van der Waals surface area contributed by atoms with Gasteiger partial charge in [0.05, 0.1) is 12.7 Å². The van der Waals surface area contributed by atoms with Crippen molar-refractivity contribution in [3.63, 3.8) is 0 Å². The minimum absolute atomic E-state index is 0.173. The van der Waals surface area contributed by atoms with Crippen molar-refractivity contribution >= 4 is 17.8 Å². The number of nitrogens with one attached hydrogen (secondary N) is 2. The minimum atomic E-state index is -4.39. The number of anilines is 1. The highest BCUT2D eigenvalue weighted by atomic mass is 19.4. The maximum Gasteiger partial charge on any atom is 0.416 e. The van der Waals surface area contributed by atoms with E-state index in [0.29, 0.717) is 11.3 Å². The number of nitrogens with zero attached hydrogens (tertiary/aromatic N) is 1. The van der Waals surface area contributed by atoms with Crippen molar-refractivity contribution in [1.29, 1.82) is 0 Å². The fourth-order valence-electron chi connectivity index (χ4n) is 2.33. The number of hydrogen-bond donors (Lipinski definition) is 2. The lowest BCUT2D eigenvalue weighted by molar-refractivity contribution is -0.137. The highest BCUT2D eigenvalue weighted by Crippen LogP contribution is 2.29. The summed E-state index contributed by atoms with van der Waals surface area (Å²) < 4.78 is 42.2. The second-order valence-electron chi connectivity index (χ2n) is 6.02. The van der Waals surface area contributed by atoms with Crippen LogP contribution in [-0.4, -0.2) is 31.2 Å². The van der Waals surface area contributed by atoms with Crippen LogP contribution in [0.4, 0.5) is 28.4 Å². The fraction of sp³-hybridized carbons (Fsp3) is 0.263. The molecule has 2 rings (SSSR count). The molecular weight excluding hydrogens is 375 g/mol. The number of methoxy groups -OCH3 is 1. The second-order valence-corrected chi connectivity index (χ2v) is 6.02. The predicted octanol–water partition coefficient (Wildman–Crippen LogP) is 4.23. The Kier molecular flexibility index (Phi) is 6.86. The average molecular weight is 395 g/mol. The number of carbonyl (C=O) groups is 2. The van der Waals surface area contributed by atoms with Gasteiger partial charge in [-0.15, -0.1) is 0 Å². The molecule has 3 amide bonds. The summed E-state index contributed by atoms with van der Waals surface area (Å²) in [6.45, 7) is 0.431. The van der Waals surface area contributed by atoms with Gasteiger partial charge in [0.25, 0.3) is 0 Å². The zero-order valence-electron chi connectivity index (χ0n) is 15.3. The lowest BCUT2D eigenvalue weighted by Crippen LogP contribution is -2.36. The van der Waals surface area contributed by atoms with Crippen LogP contribution in [0.3, 0.4) is 0 Å². The lowest BCUT2D eigenvalue weighted by Gasteiger charge is -2.18. The van der Waals surface area contributed by atoms with Crippen molar-refractivity contribution in [2.24, 2.45) is 0 Å². The molecular formula is C19H20F3N3O3. The summed E-state index contributed by atoms with van der Waals surface area (Å²) in [7, 11) is 2.82. The van der Waals surface area contributed by atoms with E-state index in [2.05, 4.69) is 15.4 Å². The van der Waals surface area contributed by atoms with Gasteiger partial charge in [-0.2, -0.15) is 13.2 Å². The zero-order chi connectivity index (χ0) is 20.7. The Bertz CT molecular complexity index is 806. The summed E-state index contributed by atoms with van der Waals surface area (Å²) in [5.74, 6) is 0. The molecule has 0 radical (unpaired) electrons. The van der Waals surface area contributed by atoms with Gasteiger partial charge in [-0.05, 0) is 35.4 Å². The largest absolute Gasteiger partial charge is 0.453 e. The minimum Gasteiger partial charge on any atom is -0.453 e. The summed E-state index contributed by atoms with van der Waals surface area (Å²) in [6.07, 6.45) is -4.96. The lowest BCUT2D eigenvalue weighted by atomic mass is 10.1. The van der Waals surface area contributed by atoms with Crippen molar-refractivity contribution in [3.8, 4) is 0 Å². The Morgan fingerprint density at radius 2 is 1.57 bits per heavy atom. The summed E-state index contributed by atoms with van der Waals surface area (Å²) in [5.41, 5.74) is 1.23. The number of carbonyl (C=O) groups excluding carboxylic acids is 2. The highest BCUT2D eigenvalue weighted by Gasteiger charge is 2.29. The van der Waals surface area contributed by atoms with Gasteiger partial charge in [0.15, 0.2) is 0 Å². The number of amides is 3. The summed E-state index contributed by atoms with van der Waals surface area (Å²) in [6, 6.07) is 11.1. The molecule has 0 saturated heterocycles. The number of urea groups is 1. The molecule has 0 fully saturated rings. The molecule has 0 atom stereocenters. The van der Waals surface area contributed by atoms with Crippen LogP contribution in [0.25, 0.3) is 0 Å². The van der Waals surface area contributed by atoms with Crippen LogP contribution >= 0.6 is 0 Å². The van der Waals surface area contributed by atoms with Gasteiger partial charge in [0.2, 0.25) is 0 Å². The van der Waals surface area contributed by atoms with Gasteiger partial charge in [-0.1, -0.05) is 24.3 Å². The van der Waals surface area contributed by atoms with E-state index in [1.807, 2.05) is 0 Å². The van der Waals surface area contributed by atoms with Gasteiger partial charge in [0.1, 0.15) is 0 Å². The van der Waals surface area contributed by atoms with Gasteiger partial charge in [-0.3, -0.25) is 5.32 Å². The fourth-order valence-corrected chi connectivity index (χ4v) is 2.33. The van der Waals surface area contributed by atoms with Crippen LogP contribution in [0.1, 0.15) is 16.7 Å². The number of rotatable bonds is 5. The molecule has 2 N–H and O–H groups in total. The van der Waals surface area contributed by atoms with Gasteiger partial charge in [-0.25, -0.2) is 9.59 Å². The van der Waals surface area contributed by atoms with Crippen LogP contribution < -0.4 is 10.6 Å². The Balaban J connectivity index is 1.84. The van der Waals surface area contributed by atoms with Gasteiger partial charge in [0, 0.05) is 25.8 Å². The van der Waals surface area contributed by atoms with Crippen molar-refractivity contribution in [2.75, 3.05) is 19.5 Å². The van der Waals surface area contributed by atoms with E-state index in [0.717, 1.165) is 17.7 Å². The third-order valence-corrected chi connectivity index (χ3v) is 3.88. The van der Waals surface area contributed by atoms with Crippen LogP contribution in [-0.2, 0) is 24.0 Å². The first-order valence-corrected chi connectivity index (χ1v) is 8.28. The van der Waals surface area contributed by atoms with E-state index < -0.39 is 17.8 Å².